The third-order valence-corrected chi connectivity index (χ3v) is 5.52. The van der Waals surface area contributed by atoms with Gasteiger partial charge in [0.25, 0.3) is 0 Å². The summed E-state index contributed by atoms with van der Waals surface area (Å²) in [6.45, 7) is 5.18. The lowest BCUT2D eigenvalue weighted by Crippen LogP contribution is -2.37. The Morgan fingerprint density at radius 1 is 1.26 bits per heavy atom. The smallest absolute Gasteiger partial charge is 0.222 e. The van der Waals surface area contributed by atoms with Gasteiger partial charge in [0.2, 0.25) is 5.91 Å². The minimum atomic E-state index is 0.267. The topological polar surface area (TPSA) is 69.6 Å². The molecular formula is C20H27N5OS. The van der Waals surface area contributed by atoms with Crippen LogP contribution in [0.5, 0.6) is 0 Å². The molecule has 1 aliphatic rings. The average Bonchev–Trinajstić information content (AvgIpc) is 3.27. The highest BCUT2D eigenvalue weighted by Crippen LogP contribution is 2.15. The highest BCUT2D eigenvalue weighted by Gasteiger charge is 2.19. The van der Waals surface area contributed by atoms with E-state index in [2.05, 4.69) is 51.8 Å². The van der Waals surface area contributed by atoms with E-state index in [9.17, 15) is 4.79 Å². The summed E-state index contributed by atoms with van der Waals surface area (Å²) in [6.07, 6.45) is 4.48. The van der Waals surface area contributed by atoms with Gasteiger partial charge in [-0.05, 0) is 24.5 Å². The molecule has 0 atom stereocenters. The first kappa shape index (κ1) is 19.4. The van der Waals surface area contributed by atoms with Gasteiger partial charge in [0.1, 0.15) is 0 Å². The molecule has 0 aliphatic carbocycles. The molecule has 2 aromatic rings. The Morgan fingerprint density at radius 3 is 2.67 bits per heavy atom. The van der Waals surface area contributed by atoms with Crippen LogP contribution in [-0.4, -0.2) is 41.9 Å². The van der Waals surface area contributed by atoms with Crippen molar-refractivity contribution in [3.63, 3.8) is 0 Å². The van der Waals surface area contributed by atoms with Crippen LogP contribution in [0.4, 0.5) is 0 Å². The van der Waals surface area contributed by atoms with Crippen LogP contribution in [0.3, 0.4) is 0 Å². The lowest BCUT2D eigenvalue weighted by molar-refractivity contribution is -0.128. The van der Waals surface area contributed by atoms with E-state index in [-0.39, 0.29) is 5.91 Å². The van der Waals surface area contributed by atoms with Gasteiger partial charge in [-0.2, -0.15) is 0 Å². The fourth-order valence-electron chi connectivity index (χ4n) is 3.07. The molecule has 144 valence electrons. The van der Waals surface area contributed by atoms with Crippen molar-refractivity contribution in [2.45, 2.75) is 39.3 Å². The normalized spacial score (nSPS) is 14.7. The highest BCUT2D eigenvalue weighted by atomic mass is 32.1. The maximum absolute atomic E-state index is 11.7. The molecule has 1 aliphatic heterocycles. The average molecular weight is 386 g/mol. The number of likely N-dealkylation sites (tertiary alicyclic amines) is 1. The molecule has 2 N–H and O–H groups in total. The van der Waals surface area contributed by atoms with Gasteiger partial charge in [0, 0.05) is 57.1 Å². The van der Waals surface area contributed by atoms with Gasteiger partial charge in [-0.3, -0.25) is 9.79 Å². The summed E-state index contributed by atoms with van der Waals surface area (Å²) in [6, 6.07) is 8.41. The van der Waals surface area contributed by atoms with E-state index in [0.29, 0.717) is 19.5 Å². The molecule has 6 nitrogen and oxygen atoms in total. The Hall–Kier alpha value is -2.41. The number of thiazole rings is 1. The van der Waals surface area contributed by atoms with Crippen molar-refractivity contribution < 1.29 is 4.79 Å². The number of hydrogen-bond donors (Lipinski definition) is 2. The summed E-state index contributed by atoms with van der Waals surface area (Å²) >= 11 is 1.73. The predicted octanol–water partition coefficient (Wildman–Crippen LogP) is 2.48. The number of aryl methyl sites for hydroxylation is 1. The second-order valence-electron chi connectivity index (χ2n) is 6.70. The maximum atomic E-state index is 11.7. The van der Waals surface area contributed by atoms with Crippen LogP contribution in [0, 0.1) is 6.92 Å². The van der Waals surface area contributed by atoms with Crippen LogP contribution in [0.1, 0.15) is 33.9 Å². The number of hydrogen-bond acceptors (Lipinski definition) is 4. The van der Waals surface area contributed by atoms with Crippen LogP contribution in [0.2, 0.25) is 0 Å². The molecular weight excluding hydrogens is 358 g/mol. The minimum absolute atomic E-state index is 0.267. The van der Waals surface area contributed by atoms with Crippen molar-refractivity contribution >= 4 is 23.2 Å². The summed E-state index contributed by atoms with van der Waals surface area (Å²) in [5.74, 6) is 1.05. The number of rotatable bonds is 7. The van der Waals surface area contributed by atoms with E-state index in [1.807, 2.05) is 11.1 Å². The maximum Gasteiger partial charge on any atom is 0.222 e. The molecule has 3 rings (SSSR count). The van der Waals surface area contributed by atoms with E-state index in [4.69, 9.17) is 0 Å². The van der Waals surface area contributed by atoms with Crippen LogP contribution in [-0.2, 0) is 24.3 Å². The lowest BCUT2D eigenvalue weighted by atomic mass is 10.1. The van der Waals surface area contributed by atoms with E-state index in [1.165, 1.54) is 16.0 Å². The van der Waals surface area contributed by atoms with E-state index >= 15 is 0 Å². The zero-order chi connectivity index (χ0) is 19.1. The van der Waals surface area contributed by atoms with Crippen molar-refractivity contribution in [1.82, 2.24) is 20.5 Å². The molecule has 1 aromatic carbocycles. The minimum Gasteiger partial charge on any atom is -0.356 e. The zero-order valence-corrected chi connectivity index (χ0v) is 16.8. The van der Waals surface area contributed by atoms with Crippen LogP contribution in [0.25, 0.3) is 0 Å². The highest BCUT2D eigenvalue weighted by molar-refractivity contribution is 7.11. The SMILES string of the molecule is CN=C(NCCc1ncc(C)s1)NCc1ccc(CN2CCCC2=O)cc1. The largest absolute Gasteiger partial charge is 0.356 e. The summed E-state index contributed by atoms with van der Waals surface area (Å²) in [7, 11) is 1.78. The van der Waals surface area contributed by atoms with Crippen LogP contribution < -0.4 is 10.6 Å². The number of guanidine groups is 1. The van der Waals surface area contributed by atoms with Gasteiger partial charge in [0.05, 0.1) is 5.01 Å². The van der Waals surface area contributed by atoms with Gasteiger partial charge in [0.15, 0.2) is 5.96 Å². The molecule has 0 saturated carbocycles. The van der Waals surface area contributed by atoms with Gasteiger partial charge < -0.3 is 15.5 Å². The predicted molar refractivity (Wildman–Crippen MR) is 110 cm³/mol. The number of carbonyl (C=O) groups is 1. The first-order valence-corrected chi connectivity index (χ1v) is 10.2. The van der Waals surface area contributed by atoms with Crippen LogP contribution in [0.15, 0.2) is 35.5 Å². The van der Waals surface area contributed by atoms with Gasteiger partial charge >= 0.3 is 0 Å². The van der Waals surface area contributed by atoms with E-state index < -0.39 is 0 Å². The molecule has 7 heteroatoms. The molecule has 27 heavy (non-hydrogen) atoms. The number of aromatic nitrogens is 1. The third-order valence-electron chi connectivity index (χ3n) is 4.55. The van der Waals surface area contributed by atoms with Gasteiger partial charge in [-0.15, -0.1) is 11.3 Å². The molecule has 0 unspecified atom stereocenters. The standard InChI is InChI=1S/C20H27N5OS/c1-15-12-23-18(27-15)9-10-22-20(21-2)24-13-16-5-7-17(8-6-16)14-25-11-3-4-19(25)26/h5-8,12H,3-4,9-11,13-14H2,1-2H3,(H2,21,22,24). The van der Waals surface area contributed by atoms with Gasteiger partial charge in [-0.1, -0.05) is 24.3 Å². The monoisotopic (exact) mass is 385 g/mol. The van der Waals surface area contributed by atoms with Crippen molar-refractivity contribution in [2.75, 3.05) is 20.1 Å². The van der Waals surface area contributed by atoms with Crippen molar-refractivity contribution in [3.05, 3.63) is 51.5 Å². The molecule has 1 saturated heterocycles. The first-order chi connectivity index (χ1) is 13.1. The summed E-state index contributed by atoms with van der Waals surface area (Å²) in [5, 5.41) is 7.80. The van der Waals surface area contributed by atoms with Crippen molar-refractivity contribution in [1.29, 1.82) is 0 Å². The van der Waals surface area contributed by atoms with E-state index in [0.717, 1.165) is 36.9 Å². The number of nitrogens with zero attached hydrogens (tertiary/aromatic N) is 3. The molecule has 1 fully saturated rings. The summed E-state index contributed by atoms with van der Waals surface area (Å²) in [5.41, 5.74) is 2.36. The van der Waals surface area contributed by atoms with Crippen molar-refractivity contribution in [2.24, 2.45) is 4.99 Å². The summed E-state index contributed by atoms with van der Waals surface area (Å²) < 4.78 is 0. The zero-order valence-electron chi connectivity index (χ0n) is 16.0. The number of amides is 1. The number of benzene rings is 1. The summed E-state index contributed by atoms with van der Waals surface area (Å²) in [4.78, 5) is 23.5. The Balaban J connectivity index is 1.41. The Labute approximate surface area is 164 Å². The Bertz CT molecular complexity index is 784. The Morgan fingerprint density at radius 2 is 2.04 bits per heavy atom. The van der Waals surface area contributed by atoms with E-state index in [1.54, 1.807) is 18.4 Å². The second kappa shape index (κ2) is 9.50. The third kappa shape index (κ3) is 5.79. The van der Waals surface area contributed by atoms with Crippen molar-refractivity contribution in [3.8, 4) is 0 Å². The molecule has 2 heterocycles. The Kier molecular flexibility index (Phi) is 6.81. The number of carbonyl (C=O) groups excluding carboxylic acids is 1. The second-order valence-corrected chi connectivity index (χ2v) is 8.02. The fourth-order valence-corrected chi connectivity index (χ4v) is 3.85. The molecule has 1 amide bonds. The van der Waals surface area contributed by atoms with Gasteiger partial charge in [-0.25, -0.2) is 4.98 Å². The lowest BCUT2D eigenvalue weighted by Gasteiger charge is -2.16. The fraction of sp³-hybridized carbons (Fsp3) is 0.450. The number of nitrogens with one attached hydrogen (secondary N) is 2. The molecule has 0 bridgehead atoms. The quantitative estimate of drug-likeness (QED) is 0.567. The first-order valence-electron chi connectivity index (χ1n) is 9.35. The molecule has 0 radical (unpaired) electrons. The van der Waals surface area contributed by atoms with Crippen LogP contribution >= 0.6 is 11.3 Å². The molecule has 1 aromatic heterocycles. The molecule has 0 spiro atoms. The number of aliphatic imine (C=N–C) groups is 1.